The van der Waals surface area contributed by atoms with E-state index in [0.29, 0.717) is 13.0 Å². The summed E-state index contributed by atoms with van der Waals surface area (Å²) in [6.07, 6.45) is 48.3. The first-order valence-electron chi connectivity index (χ1n) is 29.4. The van der Waals surface area contributed by atoms with Gasteiger partial charge in [-0.1, -0.05) is 251 Å². The van der Waals surface area contributed by atoms with Gasteiger partial charge >= 0.3 is 16.4 Å². The van der Waals surface area contributed by atoms with Crippen molar-refractivity contribution in [1.29, 1.82) is 0 Å². The number of ether oxygens (including phenoxy) is 4. The van der Waals surface area contributed by atoms with Crippen LogP contribution in [0.25, 0.3) is 0 Å². The van der Waals surface area contributed by atoms with Gasteiger partial charge in [0.05, 0.1) is 19.8 Å². The second-order valence-corrected chi connectivity index (χ2v) is 21.6. The van der Waals surface area contributed by atoms with E-state index in [1.807, 2.05) is 0 Å². The minimum atomic E-state index is -5.06. The van der Waals surface area contributed by atoms with Gasteiger partial charge in [0.25, 0.3) is 0 Å². The molecule has 0 aromatic heterocycles. The van der Waals surface area contributed by atoms with Crippen LogP contribution in [0, 0.1) is 0 Å². The van der Waals surface area contributed by atoms with Crippen molar-refractivity contribution in [3.05, 3.63) is 12.2 Å². The monoisotopic (exact) mass is 1020 g/mol. The number of esters is 1. The average Bonchev–Trinajstić information content (AvgIpc) is 3.34. The van der Waals surface area contributed by atoms with Crippen LogP contribution >= 0.6 is 0 Å². The van der Waals surface area contributed by atoms with Crippen LogP contribution in [-0.4, -0.2) is 97.5 Å². The van der Waals surface area contributed by atoms with Crippen LogP contribution in [0.2, 0.25) is 0 Å². The molecule has 1 aliphatic heterocycles. The Balaban J connectivity index is 2.26. The highest BCUT2D eigenvalue weighted by atomic mass is 32.3. The summed E-state index contributed by atoms with van der Waals surface area (Å²) in [4.78, 5) is 12.9. The Morgan fingerprint density at radius 2 is 0.900 bits per heavy atom. The van der Waals surface area contributed by atoms with Crippen molar-refractivity contribution in [2.45, 2.75) is 320 Å². The highest BCUT2D eigenvalue weighted by Crippen LogP contribution is 2.26. The van der Waals surface area contributed by atoms with Crippen LogP contribution in [0.1, 0.15) is 284 Å². The van der Waals surface area contributed by atoms with E-state index in [4.69, 9.17) is 18.9 Å². The maximum absolute atomic E-state index is 12.9. The SMILES string of the molecule is CCCCCCCCC/C=C\CCCCCCCCCC(=O)OC(COCCCCCCCCCCCCCCCCCCCCCCCCCCC)COC1OC(CO)C(O)C(OS(=O)(=O)O)C1O. The van der Waals surface area contributed by atoms with Gasteiger partial charge in [-0.2, -0.15) is 8.42 Å². The van der Waals surface area contributed by atoms with Gasteiger partial charge in [0.15, 0.2) is 6.29 Å². The van der Waals surface area contributed by atoms with Crippen LogP contribution in [0.3, 0.4) is 0 Å². The first kappa shape index (κ1) is 66.9. The molecular formula is C57H110O12S. The Morgan fingerprint density at radius 1 is 0.529 bits per heavy atom. The Bertz CT molecular complexity index is 1270. The Kier molecular flexibility index (Phi) is 46.6. The molecule has 1 aliphatic rings. The molecule has 12 nitrogen and oxygen atoms in total. The molecule has 0 saturated carbocycles. The van der Waals surface area contributed by atoms with Crippen molar-refractivity contribution >= 4 is 16.4 Å². The molecule has 0 aliphatic carbocycles. The number of carbonyl (C=O) groups excluding carboxylic acids is 1. The average molecular weight is 1020 g/mol. The molecule has 0 aromatic rings. The van der Waals surface area contributed by atoms with Crippen molar-refractivity contribution in [1.82, 2.24) is 0 Å². The molecular weight excluding hydrogens is 909 g/mol. The molecule has 4 N–H and O–H groups in total. The zero-order valence-electron chi connectivity index (χ0n) is 45.1. The predicted octanol–water partition coefficient (Wildman–Crippen LogP) is 14.5. The maximum Gasteiger partial charge on any atom is 0.397 e. The van der Waals surface area contributed by atoms with Gasteiger partial charge in [-0.3, -0.25) is 9.35 Å². The third-order valence-corrected chi connectivity index (χ3v) is 14.4. The standard InChI is InChI=1S/C57H110O12S/c1-3-5-7-9-11-13-15-17-19-21-23-24-25-26-27-28-29-31-33-35-37-39-41-43-45-47-65-49-51(50-66-57-55(61)56(69-70(62,63)64)54(60)52(48-58)68-57)67-53(59)46-44-42-40-38-36-34-32-30-22-20-18-16-14-12-10-8-6-4-2/h20,22,51-52,54-58,60-61H,3-19,21,23-50H2,1-2H3,(H,62,63,64)/b22-20-. The Labute approximate surface area is 429 Å². The third-order valence-electron chi connectivity index (χ3n) is 13.9. The van der Waals surface area contributed by atoms with Crippen LogP contribution < -0.4 is 0 Å². The summed E-state index contributed by atoms with van der Waals surface area (Å²) in [6, 6.07) is 0. The van der Waals surface area contributed by atoms with Crippen LogP contribution in [0.15, 0.2) is 12.2 Å². The van der Waals surface area contributed by atoms with Gasteiger partial charge < -0.3 is 34.3 Å². The maximum atomic E-state index is 12.9. The summed E-state index contributed by atoms with van der Waals surface area (Å²) >= 11 is 0. The summed E-state index contributed by atoms with van der Waals surface area (Å²) < 4.78 is 59.4. The summed E-state index contributed by atoms with van der Waals surface area (Å²) in [7, 11) is -5.06. The van der Waals surface area contributed by atoms with Crippen molar-refractivity contribution in [2.24, 2.45) is 0 Å². The van der Waals surface area contributed by atoms with Crippen molar-refractivity contribution in [3.8, 4) is 0 Å². The van der Waals surface area contributed by atoms with Gasteiger partial charge in [-0.25, -0.2) is 4.18 Å². The van der Waals surface area contributed by atoms with E-state index in [1.165, 1.54) is 212 Å². The summed E-state index contributed by atoms with van der Waals surface area (Å²) in [5.74, 6) is -0.396. The number of allylic oxidation sites excluding steroid dienone is 2. The number of aliphatic hydroxyl groups is 3. The zero-order chi connectivity index (χ0) is 51.0. The molecule has 6 atom stereocenters. The van der Waals surface area contributed by atoms with Crippen LogP contribution in [0.5, 0.6) is 0 Å². The third kappa shape index (κ3) is 41.2. The molecule has 1 saturated heterocycles. The highest BCUT2D eigenvalue weighted by molar-refractivity contribution is 7.80. The fraction of sp³-hybridized carbons (Fsp3) is 0.947. The second kappa shape index (κ2) is 48.8. The number of unbranched alkanes of at least 4 members (excludes halogenated alkanes) is 38. The smallest absolute Gasteiger partial charge is 0.397 e. The van der Waals surface area contributed by atoms with Gasteiger partial charge in [-0.15, -0.1) is 0 Å². The molecule has 0 amide bonds. The summed E-state index contributed by atoms with van der Waals surface area (Å²) in [5, 5.41) is 30.8. The van der Waals surface area contributed by atoms with E-state index >= 15 is 0 Å². The van der Waals surface area contributed by atoms with E-state index in [-0.39, 0.29) is 19.6 Å². The normalized spacial score (nSPS) is 19.1. The van der Waals surface area contributed by atoms with Crippen LogP contribution in [0.4, 0.5) is 0 Å². The van der Waals surface area contributed by atoms with E-state index in [0.717, 1.165) is 44.9 Å². The van der Waals surface area contributed by atoms with Crippen LogP contribution in [-0.2, 0) is 38.3 Å². The fourth-order valence-corrected chi connectivity index (χ4v) is 9.94. The quantitative estimate of drug-likeness (QED) is 0.0196. The molecule has 1 fully saturated rings. The van der Waals surface area contributed by atoms with Gasteiger partial charge in [0.1, 0.15) is 30.5 Å². The molecule has 70 heavy (non-hydrogen) atoms. The zero-order valence-corrected chi connectivity index (χ0v) is 45.9. The number of carbonyl (C=O) groups is 1. The van der Waals surface area contributed by atoms with E-state index in [1.54, 1.807) is 0 Å². The van der Waals surface area contributed by atoms with E-state index in [9.17, 15) is 33.1 Å². The van der Waals surface area contributed by atoms with E-state index in [2.05, 4.69) is 30.2 Å². The second-order valence-electron chi connectivity index (χ2n) is 20.6. The molecule has 0 bridgehead atoms. The first-order valence-corrected chi connectivity index (χ1v) is 30.8. The molecule has 0 aromatic carbocycles. The largest absolute Gasteiger partial charge is 0.457 e. The summed E-state index contributed by atoms with van der Waals surface area (Å²) in [5.41, 5.74) is 0. The highest BCUT2D eigenvalue weighted by Gasteiger charge is 2.48. The number of hydrogen-bond acceptors (Lipinski definition) is 11. The van der Waals surface area contributed by atoms with E-state index < -0.39 is 59.8 Å². The van der Waals surface area contributed by atoms with Crippen molar-refractivity contribution in [2.75, 3.05) is 26.4 Å². The fourth-order valence-electron chi connectivity index (χ4n) is 9.44. The Hall–Kier alpha value is -1.16. The van der Waals surface area contributed by atoms with Gasteiger partial charge in [0.2, 0.25) is 0 Å². The number of aliphatic hydroxyl groups excluding tert-OH is 3. The number of hydrogen-bond donors (Lipinski definition) is 4. The molecule has 13 heteroatoms. The minimum Gasteiger partial charge on any atom is -0.457 e. The van der Waals surface area contributed by atoms with Gasteiger partial charge in [-0.05, 0) is 38.5 Å². The lowest BCUT2D eigenvalue weighted by molar-refractivity contribution is -0.301. The predicted molar refractivity (Wildman–Crippen MR) is 285 cm³/mol. The molecule has 416 valence electrons. The molecule has 0 radical (unpaired) electrons. The Morgan fingerprint density at radius 3 is 1.29 bits per heavy atom. The van der Waals surface area contributed by atoms with Crippen molar-refractivity contribution in [3.63, 3.8) is 0 Å². The molecule has 1 rings (SSSR count). The lowest BCUT2D eigenvalue weighted by Gasteiger charge is -2.41. The lowest BCUT2D eigenvalue weighted by atomic mass is 9.99. The topological polar surface area (TPSA) is 178 Å². The summed E-state index contributed by atoms with van der Waals surface area (Å²) in [6.45, 7) is 4.06. The number of rotatable bonds is 53. The molecule has 0 spiro atoms. The van der Waals surface area contributed by atoms with Crippen molar-refractivity contribution < 1.29 is 56.2 Å². The first-order chi connectivity index (χ1) is 34.1. The lowest BCUT2D eigenvalue weighted by Crippen LogP contribution is -2.60. The minimum absolute atomic E-state index is 0.0409. The van der Waals surface area contributed by atoms with Gasteiger partial charge in [0, 0.05) is 13.0 Å². The molecule has 1 heterocycles. The molecule has 6 unspecified atom stereocenters.